The van der Waals surface area contributed by atoms with Gasteiger partial charge < -0.3 is 10.2 Å². The van der Waals surface area contributed by atoms with E-state index >= 15 is 0 Å². The second-order valence-electron chi connectivity index (χ2n) is 9.96. The Bertz CT molecular complexity index is 1300. The molecule has 0 bridgehead atoms. The average molecular weight is 490 g/mol. The summed E-state index contributed by atoms with van der Waals surface area (Å²) in [4.78, 5) is 44.4. The number of ketones is 1. The summed E-state index contributed by atoms with van der Waals surface area (Å²) in [5.74, 6) is 0.816. The lowest BCUT2D eigenvalue weighted by Crippen LogP contribution is -2.46. The molecule has 5 rings (SSSR count). The lowest BCUT2D eigenvalue weighted by atomic mass is 10.0. The molecule has 1 saturated carbocycles. The molecule has 0 unspecified atom stereocenters. The molecule has 9 nitrogen and oxygen atoms in total. The van der Waals surface area contributed by atoms with E-state index in [1.165, 1.54) is 13.3 Å². The maximum absolute atomic E-state index is 13.4. The molecule has 9 heteroatoms. The van der Waals surface area contributed by atoms with Crippen LogP contribution in [0.2, 0.25) is 0 Å². The number of anilines is 3. The second-order valence-corrected chi connectivity index (χ2v) is 9.96. The highest BCUT2D eigenvalue weighted by molar-refractivity contribution is 5.99. The number of aromatic nitrogens is 4. The molecule has 1 aliphatic carbocycles. The normalized spacial score (nSPS) is 17.1. The fraction of sp³-hybridized carbons (Fsp3) is 0.519. The number of nitrogens with zero attached hydrogens (tertiary/aromatic N) is 6. The minimum atomic E-state index is -0.245. The fourth-order valence-electron chi connectivity index (χ4n) is 5.62. The molecule has 3 aromatic heterocycles. The van der Waals surface area contributed by atoms with Gasteiger partial charge in [-0.15, -0.1) is 0 Å². The van der Waals surface area contributed by atoms with Gasteiger partial charge in [0, 0.05) is 43.8 Å². The summed E-state index contributed by atoms with van der Waals surface area (Å²) in [6.45, 7) is 10.8. The van der Waals surface area contributed by atoms with Crippen LogP contribution < -0.4 is 15.8 Å². The molecule has 3 aromatic rings. The smallest absolute Gasteiger partial charge is 0.263 e. The lowest BCUT2D eigenvalue weighted by molar-refractivity contribution is 0.101. The monoisotopic (exact) mass is 489 g/mol. The molecular formula is C27H35N7O2. The summed E-state index contributed by atoms with van der Waals surface area (Å²) in [6, 6.07) is 4.07. The van der Waals surface area contributed by atoms with Gasteiger partial charge in [-0.1, -0.05) is 19.8 Å². The summed E-state index contributed by atoms with van der Waals surface area (Å²) >= 11 is 0. The van der Waals surface area contributed by atoms with E-state index in [1.54, 1.807) is 17.7 Å². The van der Waals surface area contributed by atoms with Gasteiger partial charge in [0.25, 0.3) is 5.56 Å². The van der Waals surface area contributed by atoms with E-state index in [-0.39, 0.29) is 22.9 Å². The first kappa shape index (κ1) is 24.4. The maximum atomic E-state index is 13.4. The van der Waals surface area contributed by atoms with Crippen LogP contribution in [-0.2, 0) is 0 Å². The molecular weight excluding hydrogens is 454 g/mol. The highest BCUT2D eigenvalue weighted by atomic mass is 16.1. The van der Waals surface area contributed by atoms with Crippen LogP contribution in [-0.4, -0.2) is 62.9 Å². The highest BCUT2D eigenvalue weighted by Gasteiger charge is 2.26. The quantitative estimate of drug-likeness (QED) is 0.496. The van der Waals surface area contributed by atoms with E-state index in [0.29, 0.717) is 23.0 Å². The van der Waals surface area contributed by atoms with Crippen molar-refractivity contribution in [1.29, 1.82) is 0 Å². The standard InChI is InChI=1S/C27H35N7O2/c1-4-11-32-12-14-33(15-13-32)21-9-10-23(28-16-21)30-27-29-17-22-18(2)24(19(3)35)26(36)34(25(22)31-27)20-7-5-6-8-20/h9-10,16-17,20H,4-8,11-15H2,1-3H3,(H,28,29,30,31). The molecule has 1 aliphatic heterocycles. The largest absolute Gasteiger partial charge is 0.368 e. The number of pyridine rings is 2. The summed E-state index contributed by atoms with van der Waals surface area (Å²) in [5.41, 5.74) is 2.33. The number of aryl methyl sites for hydroxylation is 1. The Kier molecular flexibility index (Phi) is 7.00. The molecule has 2 fully saturated rings. The van der Waals surface area contributed by atoms with E-state index in [9.17, 15) is 9.59 Å². The third kappa shape index (κ3) is 4.72. The zero-order valence-corrected chi connectivity index (χ0v) is 21.5. The van der Waals surface area contributed by atoms with Crippen molar-refractivity contribution in [2.45, 2.75) is 58.9 Å². The van der Waals surface area contributed by atoms with E-state index in [1.807, 2.05) is 12.3 Å². The third-order valence-electron chi connectivity index (χ3n) is 7.52. The number of Topliss-reactive ketones (excluding diaryl/α,β-unsaturated/α-hetero) is 1. The third-order valence-corrected chi connectivity index (χ3v) is 7.52. The predicted molar refractivity (Wildman–Crippen MR) is 143 cm³/mol. The number of hydrogen-bond donors (Lipinski definition) is 1. The van der Waals surface area contributed by atoms with Crippen LogP contribution >= 0.6 is 0 Å². The Morgan fingerprint density at radius 2 is 1.83 bits per heavy atom. The number of fused-ring (bicyclic) bond motifs is 1. The number of carbonyl (C=O) groups is 1. The number of piperazine rings is 1. The van der Waals surface area contributed by atoms with Gasteiger partial charge in [0.1, 0.15) is 11.5 Å². The Morgan fingerprint density at radius 3 is 2.47 bits per heavy atom. The number of carbonyl (C=O) groups excluding carboxylic acids is 1. The molecule has 1 saturated heterocycles. The second kappa shape index (κ2) is 10.3. The maximum Gasteiger partial charge on any atom is 0.263 e. The van der Waals surface area contributed by atoms with Crippen molar-refractivity contribution in [2.75, 3.05) is 42.9 Å². The molecule has 0 atom stereocenters. The molecule has 2 aliphatic rings. The molecule has 0 spiro atoms. The van der Waals surface area contributed by atoms with Crippen molar-refractivity contribution >= 4 is 34.3 Å². The van der Waals surface area contributed by atoms with E-state index in [2.05, 4.69) is 38.1 Å². The Balaban J connectivity index is 1.41. The van der Waals surface area contributed by atoms with Gasteiger partial charge >= 0.3 is 0 Å². The van der Waals surface area contributed by atoms with E-state index in [0.717, 1.165) is 69.5 Å². The van der Waals surface area contributed by atoms with E-state index < -0.39 is 0 Å². The topological polar surface area (TPSA) is 96.2 Å². The zero-order valence-electron chi connectivity index (χ0n) is 21.5. The van der Waals surface area contributed by atoms with Crippen LogP contribution in [0.25, 0.3) is 11.0 Å². The van der Waals surface area contributed by atoms with Gasteiger partial charge in [-0.3, -0.25) is 19.1 Å². The van der Waals surface area contributed by atoms with Crippen molar-refractivity contribution in [2.24, 2.45) is 0 Å². The zero-order chi connectivity index (χ0) is 25.2. The van der Waals surface area contributed by atoms with Crippen molar-refractivity contribution in [3.05, 3.63) is 46.0 Å². The Labute approximate surface area is 211 Å². The first-order chi connectivity index (χ1) is 17.5. The number of hydrogen-bond acceptors (Lipinski definition) is 8. The fourth-order valence-corrected chi connectivity index (χ4v) is 5.62. The number of nitrogens with one attached hydrogen (secondary N) is 1. The average Bonchev–Trinajstić information content (AvgIpc) is 3.39. The summed E-state index contributed by atoms with van der Waals surface area (Å²) in [6.07, 6.45) is 8.75. The highest BCUT2D eigenvalue weighted by Crippen LogP contribution is 2.32. The lowest BCUT2D eigenvalue weighted by Gasteiger charge is -2.35. The van der Waals surface area contributed by atoms with Gasteiger partial charge in [-0.25, -0.2) is 9.97 Å². The summed E-state index contributed by atoms with van der Waals surface area (Å²) in [7, 11) is 0. The minimum Gasteiger partial charge on any atom is -0.368 e. The Morgan fingerprint density at radius 1 is 1.08 bits per heavy atom. The summed E-state index contributed by atoms with van der Waals surface area (Å²) in [5, 5.41) is 3.94. The van der Waals surface area contributed by atoms with Gasteiger partial charge in [-0.05, 0) is 57.4 Å². The van der Waals surface area contributed by atoms with Gasteiger partial charge in [0.2, 0.25) is 5.95 Å². The molecule has 4 heterocycles. The number of rotatable bonds is 7. The van der Waals surface area contributed by atoms with Crippen LogP contribution in [0.4, 0.5) is 17.5 Å². The van der Waals surface area contributed by atoms with Gasteiger partial charge in [0.15, 0.2) is 5.78 Å². The SMILES string of the molecule is CCCN1CCN(c2ccc(Nc3ncc4c(C)c(C(C)=O)c(=O)n(C5CCCC5)c4n3)nc2)CC1. The van der Waals surface area contributed by atoms with Gasteiger partial charge in [-0.2, -0.15) is 4.98 Å². The van der Waals surface area contributed by atoms with Crippen LogP contribution in [0, 0.1) is 6.92 Å². The predicted octanol–water partition coefficient (Wildman–Crippen LogP) is 4.09. The molecule has 36 heavy (non-hydrogen) atoms. The minimum absolute atomic E-state index is 0.0525. The Hall–Kier alpha value is -3.33. The van der Waals surface area contributed by atoms with Crippen LogP contribution in [0.1, 0.15) is 67.9 Å². The van der Waals surface area contributed by atoms with Crippen LogP contribution in [0.15, 0.2) is 29.3 Å². The van der Waals surface area contributed by atoms with Crippen molar-refractivity contribution in [1.82, 2.24) is 24.4 Å². The first-order valence-electron chi connectivity index (χ1n) is 13.1. The van der Waals surface area contributed by atoms with Crippen molar-refractivity contribution < 1.29 is 4.79 Å². The first-order valence-corrected chi connectivity index (χ1v) is 13.1. The molecule has 1 N–H and O–H groups in total. The van der Waals surface area contributed by atoms with E-state index in [4.69, 9.17) is 4.98 Å². The van der Waals surface area contributed by atoms with Crippen molar-refractivity contribution in [3.63, 3.8) is 0 Å². The molecule has 0 radical (unpaired) electrons. The van der Waals surface area contributed by atoms with Crippen molar-refractivity contribution in [3.8, 4) is 0 Å². The molecule has 0 amide bonds. The van der Waals surface area contributed by atoms with Crippen LogP contribution in [0.5, 0.6) is 0 Å². The molecule has 190 valence electrons. The van der Waals surface area contributed by atoms with Crippen LogP contribution in [0.3, 0.4) is 0 Å². The summed E-state index contributed by atoms with van der Waals surface area (Å²) < 4.78 is 1.73. The molecule has 0 aromatic carbocycles. The van der Waals surface area contributed by atoms with Gasteiger partial charge in [0.05, 0.1) is 17.4 Å².